The third kappa shape index (κ3) is 4.67. The molecular formula is C17H23N3. The highest BCUT2D eigenvalue weighted by Crippen LogP contribution is 2.09. The summed E-state index contributed by atoms with van der Waals surface area (Å²) in [5.41, 5.74) is 9.02. The van der Waals surface area contributed by atoms with E-state index < -0.39 is 0 Å². The van der Waals surface area contributed by atoms with Gasteiger partial charge in [-0.05, 0) is 42.8 Å². The van der Waals surface area contributed by atoms with Gasteiger partial charge in [-0.3, -0.25) is 9.88 Å². The summed E-state index contributed by atoms with van der Waals surface area (Å²) < 4.78 is 0. The summed E-state index contributed by atoms with van der Waals surface area (Å²) in [5, 5.41) is 0. The van der Waals surface area contributed by atoms with Crippen molar-refractivity contribution in [1.29, 1.82) is 0 Å². The van der Waals surface area contributed by atoms with Crippen molar-refractivity contribution >= 4 is 5.69 Å². The third-order valence-corrected chi connectivity index (χ3v) is 3.34. The van der Waals surface area contributed by atoms with Crippen LogP contribution in [0.2, 0.25) is 0 Å². The van der Waals surface area contributed by atoms with Crippen molar-refractivity contribution in [2.45, 2.75) is 26.3 Å². The zero-order chi connectivity index (χ0) is 14.2. The number of rotatable bonds is 7. The van der Waals surface area contributed by atoms with E-state index in [4.69, 9.17) is 5.73 Å². The van der Waals surface area contributed by atoms with Crippen LogP contribution in [0.3, 0.4) is 0 Å². The number of nitrogens with two attached hydrogens (primary N) is 1. The fourth-order valence-corrected chi connectivity index (χ4v) is 2.29. The van der Waals surface area contributed by atoms with Crippen molar-refractivity contribution in [3.8, 4) is 0 Å². The van der Waals surface area contributed by atoms with Gasteiger partial charge in [0.2, 0.25) is 0 Å². The van der Waals surface area contributed by atoms with Gasteiger partial charge in [-0.15, -0.1) is 0 Å². The van der Waals surface area contributed by atoms with Crippen LogP contribution >= 0.6 is 0 Å². The lowest BCUT2D eigenvalue weighted by Gasteiger charge is -2.21. The first-order chi connectivity index (χ1) is 9.78. The third-order valence-electron chi connectivity index (χ3n) is 3.34. The Morgan fingerprint density at radius 1 is 1.05 bits per heavy atom. The van der Waals surface area contributed by atoms with Gasteiger partial charge < -0.3 is 5.73 Å². The maximum absolute atomic E-state index is 5.73. The van der Waals surface area contributed by atoms with Crippen molar-refractivity contribution < 1.29 is 0 Å². The molecule has 0 aliphatic carbocycles. The van der Waals surface area contributed by atoms with Crippen LogP contribution in [0, 0.1) is 0 Å². The van der Waals surface area contributed by atoms with E-state index in [1.54, 1.807) is 0 Å². The predicted octanol–water partition coefficient (Wildman–Crippen LogP) is 3.12. The molecular weight excluding hydrogens is 246 g/mol. The van der Waals surface area contributed by atoms with E-state index in [1.807, 2.05) is 30.5 Å². The van der Waals surface area contributed by atoms with Crippen LogP contribution in [0.4, 0.5) is 5.69 Å². The van der Waals surface area contributed by atoms with E-state index in [0.717, 1.165) is 43.9 Å². The van der Waals surface area contributed by atoms with E-state index in [-0.39, 0.29) is 0 Å². The monoisotopic (exact) mass is 269 g/mol. The number of aromatic nitrogens is 1. The lowest BCUT2D eigenvalue weighted by molar-refractivity contribution is 0.268. The SMILES string of the molecule is CCCN(CCc1ccccn1)Cc1ccc(N)cc1. The number of benzene rings is 1. The van der Waals surface area contributed by atoms with E-state index >= 15 is 0 Å². The molecule has 20 heavy (non-hydrogen) atoms. The number of hydrogen-bond acceptors (Lipinski definition) is 3. The van der Waals surface area contributed by atoms with Crippen molar-refractivity contribution in [2.24, 2.45) is 0 Å². The van der Waals surface area contributed by atoms with E-state index in [1.165, 1.54) is 5.56 Å². The zero-order valence-electron chi connectivity index (χ0n) is 12.1. The predicted molar refractivity (Wildman–Crippen MR) is 84.4 cm³/mol. The van der Waals surface area contributed by atoms with Gasteiger partial charge in [0.25, 0.3) is 0 Å². The molecule has 3 heteroatoms. The molecule has 1 aromatic heterocycles. The highest BCUT2D eigenvalue weighted by molar-refractivity contribution is 5.39. The molecule has 2 N–H and O–H groups in total. The maximum Gasteiger partial charge on any atom is 0.0416 e. The Bertz CT molecular complexity index is 493. The summed E-state index contributed by atoms with van der Waals surface area (Å²) in [5.74, 6) is 0. The molecule has 1 heterocycles. The number of nitrogens with zero attached hydrogens (tertiary/aromatic N) is 2. The van der Waals surface area contributed by atoms with Crippen LogP contribution in [0.1, 0.15) is 24.6 Å². The maximum atomic E-state index is 5.73. The average Bonchev–Trinajstić information content (AvgIpc) is 2.48. The molecule has 0 bridgehead atoms. The second kappa shape index (κ2) is 7.65. The van der Waals surface area contributed by atoms with Crippen LogP contribution in [-0.4, -0.2) is 23.0 Å². The first-order valence-electron chi connectivity index (χ1n) is 7.24. The quantitative estimate of drug-likeness (QED) is 0.785. The molecule has 3 nitrogen and oxygen atoms in total. The lowest BCUT2D eigenvalue weighted by Crippen LogP contribution is -2.26. The molecule has 0 amide bonds. The van der Waals surface area contributed by atoms with Crippen molar-refractivity contribution in [3.05, 3.63) is 59.9 Å². The Morgan fingerprint density at radius 2 is 1.85 bits per heavy atom. The Morgan fingerprint density at radius 3 is 2.50 bits per heavy atom. The van der Waals surface area contributed by atoms with E-state index in [0.29, 0.717) is 0 Å². The molecule has 0 saturated carbocycles. The first-order valence-corrected chi connectivity index (χ1v) is 7.24. The van der Waals surface area contributed by atoms with Gasteiger partial charge in [0.1, 0.15) is 0 Å². The Kier molecular flexibility index (Phi) is 5.56. The highest BCUT2D eigenvalue weighted by Gasteiger charge is 2.06. The molecule has 0 saturated heterocycles. The summed E-state index contributed by atoms with van der Waals surface area (Å²) in [6.07, 6.45) is 4.02. The minimum atomic E-state index is 0.823. The van der Waals surface area contributed by atoms with Gasteiger partial charge in [-0.2, -0.15) is 0 Å². The molecule has 106 valence electrons. The first kappa shape index (κ1) is 14.5. The van der Waals surface area contributed by atoms with E-state index in [2.05, 4.69) is 35.0 Å². The second-order valence-corrected chi connectivity index (χ2v) is 5.09. The molecule has 0 atom stereocenters. The Hall–Kier alpha value is -1.87. The molecule has 0 spiro atoms. The van der Waals surface area contributed by atoms with Gasteiger partial charge in [-0.1, -0.05) is 25.1 Å². The molecule has 1 aromatic carbocycles. The van der Waals surface area contributed by atoms with Crippen LogP contribution in [0.15, 0.2) is 48.7 Å². The normalized spacial score (nSPS) is 10.9. The van der Waals surface area contributed by atoms with Gasteiger partial charge in [0.15, 0.2) is 0 Å². The molecule has 0 radical (unpaired) electrons. The number of nitrogen functional groups attached to an aromatic ring is 1. The number of anilines is 1. The molecule has 0 aliphatic rings. The Labute approximate surface area is 121 Å². The summed E-state index contributed by atoms with van der Waals surface area (Å²) in [4.78, 5) is 6.86. The molecule has 0 unspecified atom stereocenters. The molecule has 0 fully saturated rings. The highest BCUT2D eigenvalue weighted by atomic mass is 15.1. The topological polar surface area (TPSA) is 42.2 Å². The number of hydrogen-bond donors (Lipinski definition) is 1. The lowest BCUT2D eigenvalue weighted by atomic mass is 10.1. The average molecular weight is 269 g/mol. The number of pyridine rings is 1. The van der Waals surface area contributed by atoms with Crippen LogP contribution in [-0.2, 0) is 13.0 Å². The molecule has 2 rings (SSSR count). The summed E-state index contributed by atoms with van der Waals surface area (Å²) in [6.45, 7) is 5.34. The minimum absolute atomic E-state index is 0.823. The summed E-state index contributed by atoms with van der Waals surface area (Å²) in [7, 11) is 0. The van der Waals surface area contributed by atoms with Crippen molar-refractivity contribution in [1.82, 2.24) is 9.88 Å². The van der Waals surface area contributed by atoms with Crippen molar-refractivity contribution in [3.63, 3.8) is 0 Å². The van der Waals surface area contributed by atoms with Gasteiger partial charge in [-0.25, -0.2) is 0 Å². The van der Waals surface area contributed by atoms with Crippen LogP contribution in [0.25, 0.3) is 0 Å². The van der Waals surface area contributed by atoms with Gasteiger partial charge >= 0.3 is 0 Å². The summed E-state index contributed by atoms with van der Waals surface area (Å²) in [6, 6.07) is 14.3. The minimum Gasteiger partial charge on any atom is -0.399 e. The molecule has 2 aromatic rings. The Balaban J connectivity index is 1.91. The van der Waals surface area contributed by atoms with E-state index in [9.17, 15) is 0 Å². The molecule has 0 aliphatic heterocycles. The van der Waals surface area contributed by atoms with Crippen LogP contribution < -0.4 is 5.73 Å². The van der Waals surface area contributed by atoms with Crippen LogP contribution in [0.5, 0.6) is 0 Å². The second-order valence-electron chi connectivity index (χ2n) is 5.09. The summed E-state index contributed by atoms with van der Waals surface area (Å²) >= 11 is 0. The standard InChI is InChI=1S/C17H23N3/c1-2-12-20(13-10-17-5-3-4-11-19-17)14-15-6-8-16(18)9-7-15/h3-9,11H,2,10,12-14,18H2,1H3. The van der Waals surface area contributed by atoms with Crippen molar-refractivity contribution in [2.75, 3.05) is 18.8 Å². The fourth-order valence-electron chi connectivity index (χ4n) is 2.29. The fraction of sp³-hybridized carbons (Fsp3) is 0.353. The zero-order valence-corrected chi connectivity index (χ0v) is 12.1. The van der Waals surface area contributed by atoms with Gasteiger partial charge in [0, 0.05) is 37.1 Å². The largest absolute Gasteiger partial charge is 0.399 e. The van der Waals surface area contributed by atoms with Gasteiger partial charge in [0.05, 0.1) is 0 Å². The smallest absolute Gasteiger partial charge is 0.0416 e.